The Bertz CT molecular complexity index is 1110. The van der Waals surface area contributed by atoms with Gasteiger partial charge in [0.15, 0.2) is 11.5 Å². The molecule has 7 nitrogen and oxygen atoms in total. The van der Waals surface area contributed by atoms with Gasteiger partial charge in [-0.3, -0.25) is 9.48 Å². The van der Waals surface area contributed by atoms with Crippen molar-refractivity contribution in [1.82, 2.24) is 24.5 Å². The number of carbonyl (C=O) groups is 1. The second-order valence-electron chi connectivity index (χ2n) is 6.47. The molecular formula is C20H18ClN5O2. The first kappa shape index (κ1) is 18.1. The van der Waals surface area contributed by atoms with E-state index < -0.39 is 0 Å². The summed E-state index contributed by atoms with van der Waals surface area (Å²) in [5.41, 5.74) is 2.68. The zero-order chi connectivity index (χ0) is 19.7. The largest absolute Gasteiger partial charge is 0.463 e. The highest BCUT2D eigenvalue weighted by Gasteiger charge is 2.21. The van der Waals surface area contributed by atoms with Gasteiger partial charge in [-0.05, 0) is 30.3 Å². The van der Waals surface area contributed by atoms with Crippen LogP contribution in [0.4, 0.5) is 0 Å². The van der Waals surface area contributed by atoms with Crippen LogP contribution in [0.15, 0.2) is 65.5 Å². The third-order valence-electron chi connectivity index (χ3n) is 4.28. The lowest BCUT2D eigenvalue weighted by Crippen LogP contribution is -2.26. The minimum Gasteiger partial charge on any atom is -0.463 e. The highest BCUT2D eigenvalue weighted by Crippen LogP contribution is 2.26. The fraction of sp³-hybridized carbons (Fsp3) is 0.150. The Labute approximate surface area is 166 Å². The summed E-state index contributed by atoms with van der Waals surface area (Å²) in [7, 11) is 3.58. The summed E-state index contributed by atoms with van der Waals surface area (Å²) in [6.07, 6.45) is 5.20. The summed E-state index contributed by atoms with van der Waals surface area (Å²) < 4.78 is 8.90. The molecule has 0 aliphatic rings. The van der Waals surface area contributed by atoms with E-state index in [4.69, 9.17) is 16.0 Å². The molecular weight excluding hydrogens is 378 g/mol. The number of halogens is 1. The summed E-state index contributed by atoms with van der Waals surface area (Å²) in [6.45, 7) is 0.437. The van der Waals surface area contributed by atoms with Crippen LogP contribution in [-0.4, -0.2) is 37.4 Å². The van der Waals surface area contributed by atoms with Crippen LogP contribution in [0, 0.1) is 0 Å². The molecule has 0 radical (unpaired) electrons. The van der Waals surface area contributed by atoms with E-state index >= 15 is 0 Å². The number of rotatable bonds is 5. The van der Waals surface area contributed by atoms with Crippen LogP contribution in [0.1, 0.15) is 16.1 Å². The van der Waals surface area contributed by atoms with Crippen molar-refractivity contribution in [2.45, 2.75) is 6.54 Å². The number of furan rings is 1. The number of hydrogen-bond acceptors (Lipinski definition) is 4. The molecule has 0 atom stereocenters. The van der Waals surface area contributed by atoms with E-state index in [0.29, 0.717) is 28.7 Å². The summed E-state index contributed by atoms with van der Waals surface area (Å²) in [5.74, 6) is 0.416. The Balaban J connectivity index is 1.69. The van der Waals surface area contributed by atoms with Gasteiger partial charge in [-0.15, -0.1) is 0 Å². The van der Waals surface area contributed by atoms with Crippen LogP contribution < -0.4 is 0 Å². The molecule has 1 aromatic carbocycles. The summed E-state index contributed by atoms with van der Waals surface area (Å²) in [5, 5.41) is 9.25. The van der Waals surface area contributed by atoms with Crippen LogP contribution in [0.5, 0.6) is 0 Å². The Morgan fingerprint density at radius 2 is 2.11 bits per heavy atom. The van der Waals surface area contributed by atoms with Crippen LogP contribution in [0.3, 0.4) is 0 Å². The zero-order valence-corrected chi connectivity index (χ0v) is 16.2. The molecule has 28 heavy (non-hydrogen) atoms. The standard InChI is InChI=1S/C20H18ClN5O2/c1-24(12-14-11-22-25(2)13-14)20(27)17-10-18(19-7-4-8-28-19)26(23-17)16-6-3-5-15(21)9-16/h3-11,13H,12H2,1-2H3. The maximum atomic E-state index is 13.0. The second kappa shape index (κ2) is 7.36. The molecule has 0 bridgehead atoms. The molecule has 0 unspecified atom stereocenters. The van der Waals surface area contributed by atoms with Crippen molar-refractivity contribution < 1.29 is 9.21 Å². The van der Waals surface area contributed by atoms with Gasteiger partial charge in [0, 0.05) is 43.5 Å². The van der Waals surface area contributed by atoms with Gasteiger partial charge < -0.3 is 9.32 Å². The predicted molar refractivity (Wildman–Crippen MR) is 105 cm³/mol. The van der Waals surface area contributed by atoms with Gasteiger partial charge in [-0.1, -0.05) is 17.7 Å². The SMILES string of the molecule is CN(Cc1cnn(C)c1)C(=O)c1cc(-c2ccco2)n(-c2cccc(Cl)c2)n1. The minimum atomic E-state index is -0.197. The molecule has 142 valence electrons. The van der Waals surface area contributed by atoms with E-state index in [9.17, 15) is 4.79 Å². The van der Waals surface area contributed by atoms with Crippen molar-refractivity contribution in [2.24, 2.45) is 7.05 Å². The van der Waals surface area contributed by atoms with E-state index in [-0.39, 0.29) is 5.91 Å². The molecule has 8 heteroatoms. The fourth-order valence-corrected chi connectivity index (χ4v) is 3.17. The molecule has 0 aliphatic heterocycles. The third-order valence-corrected chi connectivity index (χ3v) is 4.51. The molecule has 0 saturated carbocycles. The molecule has 3 heterocycles. The van der Waals surface area contributed by atoms with Gasteiger partial charge in [0.1, 0.15) is 5.69 Å². The predicted octanol–water partition coefficient (Wildman–Crippen LogP) is 3.79. The van der Waals surface area contributed by atoms with Gasteiger partial charge in [-0.25, -0.2) is 4.68 Å². The minimum absolute atomic E-state index is 0.197. The first-order valence-corrected chi connectivity index (χ1v) is 9.02. The van der Waals surface area contributed by atoms with Crippen LogP contribution >= 0.6 is 11.6 Å². The Kier molecular flexibility index (Phi) is 4.75. The number of carbonyl (C=O) groups excluding carboxylic acids is 1. The van der Waals surface area contributed by atoms with Gasteiger partial charge in [0.25, 0.3) is 5.91 Å². The van der Waals surface area contributed by atoms with Crippen molar-refractivity contribution in [1.29, 1.82) is 0 Å². The Morgan fingerprint density at radius 1 is 1.25 bits per heavy atom. The van der Waals surface area contributed by atoms with Crippen molar-refractivity contribution in [2.75, 3.05) is 7.05 Å². The number of hydrogen-bond donors (Lipinski definition) is 0. The zero-order valence-electron chi connectivity index (χ0n) is 15.4. The maximum Gasteiger partial charge on any atom is 0.274 e. The molecule has 0 aliphatic carbocycles. The number of nitrogens with zero attached hydrogens (tertiary/aromatic N) is 5. The van der Waals surface area contributed by atoms with Gasteiger partial charge in [-0.2, -0.15) is 10.2 Å². The molecule has 4 aromatic rings. The molecule has 0 N–H and O–H groups in total. The summed E-state index contributed by atoms with van der Waals surface area (Å²) in [6, 6.07) is 12.6. The van der Waals surface area contributed by atoms with Crippen LogP contribution in [0.2, 0.25) is 5.02 Å². The number of amides is 1. The smallest absolute Gasteiger partial charge is 0.274 e. The second-order valence-corrected chi connectivity index (χ2v) is 6.90. The lowest BCUT2D eigenvalue weighted by molar-refractivity contribution is 0.0779. The third kappa shape index (κ3) is 3.57. The lowest BCUT2D eigenvalue weighted by atomic mass is 10.2. The summed E-state index contributed by atoms with van der Waals surface area (Å²) >= 11 is 6.14. The van der Waals surface area contributed by atoms with Gasteiger partial charge >= 0.3 is 0 Å². The number of aryl methyl sites for hydroxylation is 1. The maximum absolute atomic E-state index is 13.0. The van der Waals surface area contributed by atoms with Crippen molar-refractivity contribution in [3.05, 3.63) is 77.4 Å². The molecule has 0 fully saturated rings. The van der Waals surface area contributed by atoms with Crippen molar-refractivity contribution >= 4 is 17.5 Å². The van der Waals surface area contributed by atoms with Gasteiger partial charge in [0.05, 0.1) is 18.1 Å². The van der Waals surface area contributed by atoms with Crippen molar-refractivity contribution in [3.63, 3.8) is 0 Å². The van der Waals surface area contributed by atoms with E-state index in [1.807, 2.05) is 31.4 Å². The highest BCUT2D eigenvalue weighted by molar-refractivity contribution is 6.30. The molecule has 1 amide bonds. The lowest BCUT2D eigenvalue weighted by Gasteiger charge is -2.14. The Hall–Kier alpha value is -3.32. The average Bonchev–Trinajstić information content (AvgIpc) is 3.41. The first-order chi connectivity index (χ1) is 13.5. The van der Waals surface area contributed by atoms with Crippen molar-refractivity contribution in [3.8, 4) is 17.1 Å². The summed E-state index contributed by atoms with van der Waals surface area (Å²) in [4.78, 5) is 14.6. The fourth-order valence-electron chi connectivity index (χ4n) is 2.98. The quantitative estimate of drug-likeness (QED) is 0.515. The van der Waals surface area contributed by atoms with E-state index in [1.54, 1.807) is 58.0 Å². The normalized spacial score (nSPS) is 11.0. The van der Waals surface area contributed by atoms with Gasteiger partial charge in [0.2, 0.25) is 0 Å². The molecule has 0 saturated heterocycles. The molecule has 0 spiro atoms. The van der Waals surface area contributed by atoms with E-state index in [2.05, 4.69) is 10.2 Å². The van der Waals surface area contributed by atoms with Crippen LogP contribution in [-0.2, 0) is 13.6 Å². The molecule has 3 aromatic heterocycles. The Morgan fingerprint density at radius 3 is 2.79 bits per heavy atom. The average molecular weight is 396 g/mol. The van der Waals surface area contributed by atoms with E-state index in [1.165, 1.54) is 0 Å². The first-order valence-electron chi connectivity index (χ1n) is 8.64. The topological polar surface area (TPSA) is 69.1 Å². The highest BCUT2D eigenvalue weighted by atomic mass is 35.5. The monoisotopic (exact) mass is 395 g/mol. The number of aromatic nitrogens is 4. The molecule has 4 rings (SSSR count). The van der Waals surface area contributed by atoms with E-state index in [0.717, 1.165) is 11.3 Å². The number of benzene rings is 1. The van der Waals surface area contributed by atoms with Crippen LogP contribution in [0.25, 0.3) is 17.1 Å².